The number of rotatable bonds is 4. The summed E-state index contributed by atoms with van der Waals surface area (Å²) >= 11 is 0. The Hall–Kier alpha value is -2.21. The van der Waals surface area contributed by atoms with Crippen LogP contribution in [0.5, 0.6) is 0 Å². The summed E-state index contributed by atoms with van der Waals surface area (Å²) in [5, 5.41) is 4.34. The Labute approximate surface area is 136 Å². The molecule has 6 heteroatoms. The number of carbonyl (C=O) groups excluding carboxylic acids is 1. The molecular formula is C17H24N4O2. The van der Waals surface area contributed by atoms with Crippen molar-refractivity contribution in [2.75, 3.05) is 0 Å². The first-order chi connectivity index (χ1) is 10.7. The molecule has 0 saturated heterocycles. The van der Waals surface area contributed by atoms with Crippen molar-refractivity contribution in [3.05, 3.63) is 41.5 Å². The molecular weight excluding hydrogens is 292 g/mol. The Morgan fingerprint density at radius 2 is 1.91 bits per heavy atom. The summed E-state index contributed by atoms with van der Waals surface area (Å²) in [6.07, 6.45) is 0. The minimum absolute atomic E-state index is 0.0882. The molecule has 0 aliphatic rings. The quantitative estimate of drug-likeness (QED) is 0.880. The number of para-hydroxylation sites is 1. The summed E-state index contributed by atoms with van der Waals surface area (Å²) in [6.45, 7) is 11.6. The molecule has 1 N–H and O–H groups in total. The van der Waals surface area contributed by atoms with Gasteiger partial charge in [-0.2, -0.15) is 0 Å². The molecule has 0 saturated carbocycles. The molecule has 1 aromatic heterocycles. The zero-order chi connectivity index (χ0) is 17.2. The van der Waals surface area contributed by atoms with Crippen LogP contribution in [-0.2, 0) is 4.84 Å². The minimum Gasteiger partial charge on any atom is -0.268 e. The third kappa shape index (κ3) is 4.16. The van der Waals surface area contributed by atoms with Crippen LogP contribution >= 0.6 is 0 Å². The van der Waals surface area contributed by atoms with E-state index in [-0.39, 0.29) is 5.82 Å². The van der Waals surface area contributed by atoms with Crippen molar-refractivity contribution in [1.82, 2.24) is 20.2 Å². The van der Waals surface area contributed by atoms with Gasteiger partial charge >= 0.3 is 5.91 Å². The number of benzene rings is 1. The predicted octanol–water partition coefficient (Wildman–Crippen LogP) is 3.16. The molecule has 6 nitrogen and oxygen atoms in total. The summed E-state index contributed by atoms with van der Waals surface area (Å²) < 4.78 is 1.70. The van der Waals surface area contributed by atoms with Crippen LogP contribution in [0.4, 0.5) is 0 Å². The highest BCUT2D eigenvalue weighted by Gasteiger charge is 2.20. The standard InChI is InChI=1S/C17H24N4O2/c1-11(2)13-9-7-8-10-14(13)21-12(3)18-15(19-21)16(22)20-23-17(4,5)6/h7-11H,1-6H3,(H,20,22). The lowest BCUT2D eigenvalue weighted by molar-refractivity contribution is -0.0593. The van der Waals surface area contributed by atoms with Gasteiger partial charge in [0, 0.05) is 0 Å². The third-order valence-corrected chi connectivity index (χ3v) is 3.21. The van der Waals surface area contributed by atoms with Crippen molar-refractivity contribution in [1.29, 1.82) is 0 Å². The van der Waals surface area contributed by atoms with E-state index in [2.05, 4.69) is 35.5 Å². The SMILES string of the molecule is Cc1nc(C(=O)NOC(C)(C)C)nn1-c1ccccc1C(C)C. The minimum atomic E-state index is -0.475. The van der Waals surface area contributed by atoms with Crippen molar-refractivity contribution in [3.8, 4) is 5.69 Å². The number of nitrogens with one attached hydrogen (secondary N) is 1. The number of aryl methyl sites for hydroxylation is 1. The first kappa shape index (κ1) is 17.1. The maximum atomic E-state index is 12.1. The van der Waals surface area contributed by atoms with Crippen LogP contribution in [-0.4, -0.2) is 26.3 Å². The highest BCUT2D eigenvalue weighted by molar-refractivity contribution is 5.89. The molecule has 0 aliphatic carbocycles. The van der Waals surface area contributed by atoms with Crippen molar-refractivity contribution in [3.63, 3.8) is 0 Å². The van der Waals surface area contributed by atoms with Gasteiger partial charge in [-0.1, -0.05) is 32.0 Å². The Kier molecular flexibility index (Phi) is 4.85. The van der Waals surface area contributed by atoms with Gasteiger partial charge in [0.05, 0.1) is 11.3 Å². The van der Waals surface area contributed by atoms with Crippen molar-refractivity contribution in [2.45, 2.75) is 53.1 Å². The average Bonchev–Trinajstić information content (AvgIpc) is 2.86. The average molecular weight is 316 g/mol. The fourth-order valence-corrected chi connectivity index (χ4v) is 2.13. The monoisotopic (exact) mass is 316 g/mol. The van der Waals surface area contributed by atoms with E-state index in [0.717, 1.165) is 11.3 Å². The molecule has 0 radical (unpaired) electrons. The fraction of sp³-hybridized carbons (Fsp3) is 0.471. The Morgan fingerprint density at radius 1 is 1.26 bits per heavy atom. The molecule has 0 spiro atoms. The van der Waals surface area contributed by atoms with Crippen LogP contribution < -0.4 is 5.48 Å². The van der Waals surface area contributed by atoms with Crippen LogP contribution in [0, 0.1) is 6.92 Å². The molecule has 0 unspecified atom stereocenters. The molecule has 0 atom stereocenters. The summed E-state index contributed by atoms with van der Waals surface area (Å²) in [5.74, 6) is 0.629. The normalized spacial score (nSPS) is 11.8. The lowest BCUT2D eigenvalue weighted by Crippen LogP contribution is -2.34. The van der Waals surface area contributed by atoms with Gasteiger partial charge in [-0.25, -0.2) is 15.1 Å². The number of carbonyl (C=O) groups is 1. The molecule has 0 aliphatic heterocycles. The molecule has 0 fully saturated rings. The lowest BCUT2D eigenvalue weighted by Gasteiger charge is -2.18. The first-order valence-electron chi connectivity index (χ1n) is 7.70. The molecule has 1 heterocycles. The van der Waals surface area contributed by atoms with Crippen LogP contribution in [0.1, 0.15) is 62.5 Å². The predicted molar refractivity (Wildman–Crippen MR) is 88.5 cm³/mol. The van der Waals surface area contributed by atoms with Crippen molar-refractivity contribution < 1.29 is 9.63 Å². The van der Waals surface area contributed by atoms with Crippen LogP contribution in [0.2, 0.25) is 0 Å². The van der Waals surface area contributed by atoms with Crippen LogP contribution in [0.15, 0.2) is 24.3 Å². The molecule has 1 aromatic carbocycles. The molecule has 1 amide bonds. The number of hydroxylamine groups is 1. The van der Waals surface area contributed by atoms with E-state index >= 15 is 0 Å². The second-order valence-corrected chi connectivity index (χ2v) is 6.75. The third-order valence-electron chi connectivity index (χ3n) is 3.21. The zero-order valence-corrected chi connectivity index (χ0v) is 14.5. The van der Waals surface area contributed by atoms with Gasteiger partial charge in [0.2, 0.25) is 5.82 Å². The molecule has 124 valence electrons. The van der Waals surface area contributed by atoms with E-state index in [0.29, 0.717) is 11.7 Å². The Morgan fingerprint density at radius 3 is 2.52 bits per heavy atom. The van der Waals surface area contributed by atoms with Crippen LogP contribution in [0.3, 0.4) is 0 Å². The largest absolute Gasteiger partial charge is 0.314 e. The van der Waals surface area contributed by atoms with E-state index in [9.17, 15) is 4.79 Å². The van der Waals surface area contributed by atoms with E-state index in [1.165, 1.54) is 0 Å². The topological polar surface area (TPSA) is 69.0 Å². The number of nitrogens with zero attached hydrogens (tertiary/aromatic N) is 3. The number of hydrogen-bond donors (Lipinski definition) is 1. The summed E-state index contributed by atoms with van der Waals surface area (Å²) in [7, 11) is 0. The van der Waals surface area contributed by atoms with Gasteiger partial charge in [0.25, 0.3) is 0 Å². The maximum absolute atomic E-state index is 12.1. The van der Waals surface area contributed by atoms with Crippen molar-refractivity contribution >= 4 is 5.91 Å². The second kappa shape index (κ2) is 6.50. The zero-order valence-electron chi connectivity index (χ0n) is 14.5. The van der Waals surface area contributed by atoms with Crippen LogP contribution in [0.25, 0.3) is 5.69 Å². The smallest absolute Gasteiger partial charge is 0.268 e. The van der Waals surface area contributed by atoms with E-state index in [1.54, 1.807) is 4.68 Å². The second-order valence-electron chi connectivity index (χ2n) is 6.75. The first-order valence-corrected chi connectivity index (χ1v) is 7.70. The molecule has 2 rings (SSSR count). The van der Waals surface area contributed by atoms with Gasteiger partial charge in [-0.15, -0.1) is 5.10 Å². The lowest BCUT2D eigenvalue weighted by atomic mass is 10.0. The van der Waals surface area contributed by atoms with E-state index < -0.39 is 11.5 Å². The fourth-order valence-electron chi connectivity index (χ4n) is 2.13. The van der Waals surface area contributed by atoms with Gasteiger partial charge in [0.1, 0.15) is 5.82 Å². The van der Waals surface area contributed by atoms with Gasteiger partial charge < -0.3 is 0 Å². The molecule has 0 bridgehead atoms. The van der Waals surface area contributed by atoms with E-state index in [4.69, 9.17) is 4.84 Å². The maximum Gasteiger partial charge on any atom is 0.314 e. The van der Waals surface area contributed by atoms with E-state index in [1.807, 2.05) is 45.9 Å². The molecule has 2 aromatic rings. The summed E-state index contributed by atoms with van der Waals surface area (Å²) in [4.78, 5) is 21.7. The van der Waals surface area contributed by atoms with Gasteiger partial charge in [-0.3, -0.25) is 9.63 Å². The van der Waals surface area contributed by atoms with Gasteiger partial charge in [0.15, 0.2) is 0 Å². The number of aromatic nitrogens is 3. The van der Waals surface area contributed by atoms with Crippen molar-refractivity contribution in [2.24, 2.45) is 0 Å². The highest BCUT2D eigenvalue weighted by atomic mass is 16.7. The highest BCUT2D eigenvalue weighted by Crippen LogP contribution is 2.23. The number of amides is 1. The summed E-state index contributed by atoms with van der Waals surface area (Å²) in [5.41, 5.74) is 4.00. The summed E-state index contributed by atoms with van der Waals surface area (Å²) in [6, 6.07) is 7.98. The molecule has 23 heavy (non-hydrogen) atoms. The Balaban J connectivity index is 2.30. The van der Waals surface area contributed by atoms with Gasteiger partial charge in [-0.05, 0) is 45.2 Å². The number of hydrogen-bond acceptors (Lipinski definition) is 4. The Bertz CT molecular complexity index is 699.